The second-order valence-electron chi connectivity index (χ2n) is 3.70. The molecule has 1 N–H and O–H groups in total. The fourth-order valence-corrected chi connectivity index (χ4v) is 1.33. The van der Waals surface area contributed by atoms with Crippen LogP contribution in [0.3, 0.4) is 0 Å². The summed E-state index contributed by atoms with van der Waals surface area (Å²) in [5, 5.41) is 2.47. The molecule has 2 nitrogen and oxygen atoms in total. The van der Waals surface area contributed by atoms with Crippen LogP contribution < -0.4 is 5.32 Å². The molecule has 0 aromatic carbocycles. The molecule has 0 aromatic heterocycles. The highest BCUT2D eigenvalue weighted by Crippen LogP contribution is 2.33. The van der Waals surface area contributed by atoms with Crippen molar-refractivity contribution in [3.05, 3.63) is 0 Å². The molecule has 1 amide bonds. The topological polar surface area (TPSA) is 29.1 Å². The molecule has 1 saturated carbocycles. The lowest BCUT2D eigenvalue weighted by atomic mass is 10.1. The normalized spacial score (nSPS) is 21.6. The Morgan fingerprint density at radius 3 is 2.58 bits per heavy atom. The van der Waals surface area contributed by atoms with Crippen LogP contribution >= 0.6 is 11.6 Å². The molecule has 0 bridgehead atoms. The first-order chi connectivity index (χ1) is 5.59. The monoisotopic (exact) mass is 189 g/mol. The van der Waals surface area contributed by atoms with E-state index in [-0.39, 0.29) is 11.9 Å². The molecule has 12 heavy (non-hydrogen) atoms. The summed E-state index contributed by atoms with van der Waals surface area (Å²) in [5.41, 5.74) is 0. The van der Waals surface area contributed by atoms with Crippen molar-refractivity contribution in [2.45, 2.75) is 44.5 Å². The van der Waals surface area contributed by atoms with Crippen LogP contribution in [0.15, 0.2) is 0 Å². The third-order valence-corrected chi connectivity index (χ3v) is 2.33. The van der Waals surface area contributed by atoms with Gasteiger partial charge in [-0.1, -0.05) is 12.8 Å². The lowest BCUT2D eigenvalue weighted by Crippen LogP contribution is -2.37. The first-order valence-electron chi connectivity index (χ1n) is 4.54. The van der Waals surface area contributed by atoms with Crippen LogP contribution in [0, 0.1) is 5.92 Å². The van der Waals surface area contributed by atoms with Crippen molar-refractivity contribution >= 4 is 17.5 Å². The molecule has 1 aliphatic carbocycles. The average Bonchev–Trinajstić information content (AvgIpc) is 2.71. The number of alkyl halides is 1. The van der Waals surface area contributed by atoms with E-state index in [9.17, 15) is 4.79 Å². The minimum atomic E-state index is -0.411. The Morgan fingerprint density at radius 2 is 2.17 bits per heavy atom. The second kappa shape index (κ2) is 4.13. The van der Waals surface area contributed by atoms with Crippen molar-refractivity contribution < 1.29 is 4.79 Å². The quantitative estimate of drug-likeness (QED) is 0.673. The number of amides is 1. The van der Waals surface area contributed by atoms with Crippen molar-refractivity contribution in [1.29, 1.82) is 0 Å². The van der Waals surface area contributed by atoms with Gasteiger partial charge in [0.15, 0.2) is 0 Å². The van der Waals surface area contributed by atoms with E-state index in [0.717, 1.165) is 12.3 Å². The van der Waals surface area contributed by atoms with Gasteiger partial charge < -0.3 is 5.32 Å². The molecule has 0 heterocycles. The molecule has 0 aromatic rings. The van der Waals surface area contributed by atoms with Crippen LogP contribution in [-0.2, 0) is 4.79 Å². The first-order valence-corrected chi connectivity index (χ1v) is 4.97. The summed E-state index contributed by atoms with van der Waals surface area (Å²) in [6.45, 7) is 3.73. The number of nitrogens with one attached hydrogen (secondary N) is 1. The molecule has 0 spiro atoms. The summed E-state index contributed by atoms with van der Waals surface area (Å²) >= 11 is 5.61. The van der Waals surface area contributed by atoms with Crippen molar-refractivity contribution in [1.82, 2.24) is 5.32 Å². The maximum absolute atomic E-state index is 11.1. The Hall–Kier alpha value is -0.240. The molecular formula is C9H16ClNO. The van der Waals surface area contributed by atoms with Crippen molar-refractivity contribution in [3.8, 4) is 0 Å². The van der Waals surface area contributed by atoms with Crippen LogP contribution in [0.25, 0.3) is 0 Å². The molecular weight excluding hydrogens is 174 g/mol. The summed E-state index contributed by atoms with van der Waals surface area (Å²) in [7, 11) is 0. The second-order valence-corrected chi connectivity index (χ2v) is 4.36. The van der Waals surface area contributed by atoms with Crippen molar-refractivity contribution in [3.63, 3.8) is 0 Å². The van der Waals surface area contributed by atoms with E-state index < -0.39 is 5.38 Å². The number of hydrogen-bond donors (Lipinski definition) is 1. The fourth-order valence-electron chi connectivity index (χ4n) is 1.27. The summed E-state index contributed by atoms with van der Waals surface area (Å²) in [6.07, 6.45) is 3.77. The molecule has 1 rings (SSSR count). The SMILES string of the molecule is CC(CC1CC1)NC(=O)C(C)Cl. The minimum Gasteiger partial charge on any atom is -0.352 e. The van der Waals surface area contributed by atoms with Crippen LogP contribution in [0.1, 0.15) is 33.1 Å². The fraction of sp³-hybridized carbons (Fsp3) is 0.889. The summed E-state index contributed by atoms with van der Waals surface area (Å²) in [4.78, 5) is 11.1. The Labute approximate surface area is 78.7 Å². The molecule has 2 atom stereocenters. The van der Waals surface area contributed by atoms with E-state index in [0.29, 0.717) is 0 Å². The molecule has 2 unspecified atom stereocenters. The first kappa shape index (κ1) is 9.85. The van der Waals surface area contributed by atoms with Gasteiger partial charge in [-0.15, -0.1) is 11.6 Å². The zero-order chi connectivity index (χ0) is 9.14. The Bertz CT molecular complexity index is 166. The highest BCUT2D eigenvalue weighted by atomic mass is 35.5. The van der Waals surface area contributed by atoms with Gasteiger partial charge in [-0.05, 0) is 26.2 Å². The van der Waals surface area contributed by atoms with Gasteiger partial charge >= 0.3 is 0 Å². The number of rotatable bonds is 4. The largest absolute Gasteiger partial charge is 0.352 e. The van der Waals surface area contributed by atoms with Gasteiger partial charge in [0, 0.05) is 6.04 Å². The molecule has 0 saturated heterocycles. The predicted molar refractivity (Wildman–Crippen MR) is 50.3 cm³/mol. The van der Waals surface area contributed by atoms with Crippen molar-refractivity contribution in [2.24, 2.45) is 5.92 Å². The van der Waals surface area contributed by atoms with Crippen LogP contribution in [0.4, 0.5) is 0 Å². The average molecular weight is 190 g/mol. The Morgan fingerprint density at radius 1 is 1.58 bits per heavy atom. The molecule has 0 aliphatic heterocycles. The zero-order valence-electron chi connectivity index (χ0n) is 7.64. The Balaban J connectivity index is 2.15. The molecule has 3 heteroatoms. The van der Waals surface area contributed by atoms with Crippen molar-refractivity contribution in [2.75, 3.05) is 0 Å². The number of carbonyl (C=O) groups excluding carboxylic acids is 1. The van der Waals surface area contributed by atoms with Gasteiger partial charge in [-0.25, -0.2) is 0 Å². The van der Waals surface area contributed by atoms with Gasteiger partial charge in [0.2, 0.25) is 5.91 Å². The van der Waals surface area contributed by atoms with Crippen LogP contribution in [-0.4, -0.2) is 17.3 Å². The van der Waals surface area contributed by atoms with E-state index in [1.165, 1.54) is 12.8 Å². The summed E-state index contributed by atoms with van der Waals surface area (Å²) in [5.74, 6) is 0.802. The summed E-state index contributed by atoms with van der Waals surface area (Å²) < 4.78 is 0. The van der Waals surface area contributed by atoms with E-state index in [1.807, 2.05) is 6.92 Å². The Kier molecular flexibility index (Phi) is 3.39. The predicted octanol–water partition coefficient (Wildman–Crippen LogP) is 1.92. The lowest BCUT2D eigenvalue weighted by molar-refractivity contribution is -0.121. The van der Waals surface area contributed by atoms with Gasteiger partial charge in [0.05, 0.1) is 0 Å². The highest BCUT2D eigenvalue weighted by Gasteiger charge is 2.24. The minimum absolute atomic E-state index is 0.0511. The third kappa shape index (κ3) is 3.44. The van der Waals surface area contributed by atoms with E-state index >= 15 is 0 Å². The van der Waals surface area contributed by atoms with Gasteiger partial charge in [0.25, 0.3) is 0 Å². The van der Waals surface area contributed by atoms with Crippen LogP contribution in [0.2, 0.25) is 0 Å². The molecule has 0 radical (unpaired) electrons. The van der Waals surface area contributed by atoms with Crippen LogP contribution in [0.5, 0.6) is 0 Å². The van der Waals surface area contributed by atoms with Gasteiger partial charge in [-0.2, -0.15) is 0 Å². The molecule has 1 aliphatic rings. The zero-order valence-corrected chi connectivity index (χ0v) is 8.40. The number of carbonyl (C=O) groups is 1. The third-order valence-electron chi connectivity index (χ3n) is 2.13. The van der Waals surface area contributed by atoms with Gasteiger partial charge in [-0.3, -0.25) is 4.79 Å². The highest BCUT2D eigenvalue weighted by molar-refractivity contribution is 6.30. The van der Waals surface area contributed by atoms with E-state index in [4.69, 9.17) is 11.6 Å². The molecule has 70 valence electrons. The standard InChI is InChI=1S/C9H16ClNO/c1-6(5-8-3-4-8)11-9(12)7(2)10/h6-8H,3-5H2,1-2H3,(H,11,12). The van der Waals surface area contributed by atoms with E-state index in [2.05, 4.69) is 5.32 Å². The smallest absolute Gasteiger partial charge is 0.237 e. The summed E-state index contributed by atoms with van der Waals surface area (Å²) in [6, 6.07) is 0.284. The van der Waals surface area contributed by atoms with Gasteiger partial charge in [0.1, 0.15) is 5.38 Å². The molecule has 1 fully saturated rings. The maximum Gasteiger partial charge on any atom is 0.237 e. The number of hydrogen-bond acceptors (Lipinski definition) is 1. The number of halogens is 1. The maximum atomic E-state index is 11.1. The lowest BCUT2D eigenvalue weighted by Gasteiger charge is -2.13. The van der Waals surface area contributed by atoms with E-state index in [1.54, 1.807) is 6.92 Å².